The molecule has 0 saturated heterocycles. The molecule has 0 aliphatic rings. The van der Waals surface area contributed by atoms with Gasteiger partial charge < -0.3 is 27.9 Å². The molecule has 0 spiro atoms. The van der Waals surface area contributed by atoms with E-state index in [2.05, 4.69) is 160 Å². The van der Waals surface area contributed by atoms with Crippen LogP contribution in [0.25, 0.3) is 0 Å². The summed E-state index contributed by atoms with van der Waals surface area (Å²) >= 11 is 0. The van der Waals surface area contributed by atoms with Crippen LogP contribution in [0.5, 0.6) is 0 Å². The van der Waals surface area contributed by atoms with Crippen LogP contribution in [0.1, 0.15) is 335 Å². The summed E-state index contributed by atoms with van der Waals surface area (Å²) in [5.41, 5.74) is 0. The van der Waals surface area contributed by atoms with E-state index in [-0.39, 0.29) is 32.0 Å². The number of hydrogen-bond acceptors (Lipinski definition) is 8. The Morgan fingerprint density at radius 3 is 0.885 bits per heavy atom. The maximum Gasteiger partial charge on any atom is 0.306 e. The van der Waals surface area contributed by atoms with Gasteiger partial charge in [-0.05, 0) is 122 Å². The topological polar surface area (TPSA) is 111 Å². The Morgan fingerprint density at radius 1 is 0.333 bits per heavy atom. The Bertz CT molecular complexity index is 2140. The van der Waals surface area contributed by atoms with Crippen LogP contribution in [0.3, 0.4) is 0 Å². The minimum atomic E-state index is -4.65. The summed E-state index contributed by atoms with van der Waals surface area (Å²) in [6.45, 7) is 4.14. The summed E-state index contributed by atoms with van der Waals surface area (Å²) in [7, 11) is 1.16. The molecule has 0 heterocycles. The zero-order chi connectivity index (χ0) is 69.7. The predicted molar refractivity (Wildman–Crippen MR) is 415 cm³/mol. The molecule has 96 heavy (non-hydrogen) atoms. The lowest BCUT2D eigenvalue weighted by atomic mass is 10.0. The van der Waals surface area contributed by atoms with Gasteiger partial charge in [0.1, 0.15) is 19.8 Å². The Kier molecular flexibility index (Phi) is 71.9. The third kappa shape index (κ3) is 78.9. The van der Waals surface area contributed by atoms with E-state index in [1.165, 1.54) is 186 Å². The molecule has 0 aromatic carbocycles. The van der Waals surface area contributed by atoms with Crippen molar-refractivity contribution in [3.8, 4) is 0 Å². The number of phosphoric acid groups is 1. The highest BCUT2D eigenvalue weighted by atomic mass is 31.2. The van der Waals surface area contributed by atoms with Crippen LogP contribution in [0.4, 0.5) is 0 Å². The maximum absolute atomic E-state index is 12.9. The first-order valence-corrected chi connectivity index (χ1v) is 41.0. The van der Waals surface area contributed by atoms with Crippen LogP contribution in [-0.2, 0) is 32.7 Å². The second-order valence-electron chi connectivity index (χ2n) is 27.3. The zero-order valence-electron chi connectivity index (χ0n) is 62.8. The van der Waals surface area contributed by atoms with E-state index in [0.717, 1.165) is 116 Å². The minimum Gasteiger partial charge on any atom is -0.756 e. The Labute approximate surface area is 593 Å². The molecule has 0 aromatic heterocycles. The monoisotopic (exact) mass is 1350 g/mol. The number of nitrogens with zero attached hydrogens (tertiary/aromatic N) is 1. The molecule has 550 valence electrons. The van der Waals surface area contributed by atoms with E-state index in [0.29, 0.717) is 17.4 Å². The van der Waals surface area contributed by atoms with Gasteiger partial charge in [0.15, 0.2) is 6.10 Å². The van der Waals surface area contributed by atoms with E-state index in [1.54, 1.807) is 0 Å². The van der Waals surface area contributed by atoms with Crippen molar-refractivity contribution in [1.29, 1.82) is 0 Å². The highest BCUT2D eigenvalue weighted by molar-refractivity contribution is 7.45. The second kappa shape index (κ2) is 75.1. The third-order valence-corrected chi connectivity index (χ3v) is 17.8. The van der Waals surface area contributed by atoms with Gasteiger partial charge in [-0.25, -0.2) is 0 Å². The fourth-order valence-electron chi connectivity index (χ4n) is 10.8. The van der Waals surface area contributed by atoms with Crippen molar-refractivity contribution in [2.45, 2.75) is 341 Å². The van der Waals surface area contributed by atoms with E-state index in [1.807, 2.05) is 21.1 Å². The number of rotatable bonds is 72. The Hall–Kier alpha value is -4.11. The number of carbonyl (C=O) groups is 2. The summed E-state index contributed by atoms with van der Waals surface area (Å²) in [4.78, 5) is 38.2. The number of hydrogen-bond donors (Lipinski definition) is 0. The quantitative estimate of drug-likeness (QED) is 0.0195. The van der Waals surface area contributed by atoms with E-state index < -0.39 is 26.5 Å². The lowest BCUT2D eigenvalue weighted by Crippen LogP contribution is -2.37. The summed E-state index contributed by atoms with van der Waals surface area (Å²) in [5, 5.41) is 0. The van der Waals surface area contributed by atoms with E-state index >= 15 is 0 Å². The predicted octanol–water partition coefficient (Wildman–Crippen LogP) is 25.9. The zero-order valence-corrected chi connectivity index (χ0v) is 63.7. The molecule has 0 radical (unpaired) electrons. The third-order valence-electron chi connectivity index (χ3n) is 16.8. The van der Waals surface area contributed by atoms with Gasteiger partial charge in [0, 0.05) is 12.8 Å². The minimum absolute atomic E-state index is 0.0364. The van der Waals surface area contributed by atoms with E-state index in [4.69, 9.17) is 18.5 Å². The molecule has 10 heteroatoms. The SMILES string of the molecule is CC/C=C\C/C=C\C/C=C\C/C=C\C/C=C\C/C=C\C/C=C\C/C=C\C/C=C\C/C=C\CCCCCCCCCCCCC(=O)OC(COC(=O)CCCCCCCCCCCCCCCCCCCCC/C=C\C/C=C\CCCCCCC)COP(=O)([O-])OCC[N+](C)(C)C. The molecule has 2 atom stereocenters. The van der Waals surface area contributed by atoms with Crippen LogP contribution < -0.4 is 4.89 Å². The molecule has 0 amide bonds. The second-order valence-corrected chi connectivity index (χ2v) is 28.8. The molecule has 0 rings (SSSR count). The van der Waals surface area contributed by atoms with Gasteiger partial charge in [-0.15, -0.1) is 0 Å². The first kappa shape index (κ1) is 91.9. The lowest BCUT2D eigenvalue weighted by molar-refractivity contribution is -0.870. The number of likely N-dealkylation sites (N-methyl/N-ethyl adjacent to an activating group) is 1. The molecule has 2 unspecified atom stereocenters. The average Bonchev–Trinajstić information content (AvgIpc) is 2.54. The molecule has 0 fully saturated rings. The van der Waals surface area contributed by atoms with Crippen LogP contribution in [0.2, 0.25) is 0 Å². The number of carbonyl (C=O) groups excluding carboxylic acids is 2. The van der Waals surface area contributed by atoms with Crippen molar-refractivity contribution in [2.24, 2.45) is 0 Å². The Morgan fingerprint density at radius 2 is 0.594 bits per heavy atom. The average molecular weight is 1360 g/mol. The molecule has 0 saturated carbocycles. The van der Waals surface area contributed by atoms with Crippen LogP contribution >= 0.6 is 7.82 Å². The number of ether oxygens (including phenoxy) is 2. The fraction of sp³-hybridized carbons (Fsp3) is 0.698. The molecule has 9 nitrogen and oxygen atoms in total. The van der Waals surface area contributed by atoms with Gasteiger partial charge in [-0.1, -0.05) is 346 Å². The highest BCUT2D eigenvalue weighted by Crippen LogP contribution is 2.38. The van der Waals surface area contributed by atoms with Gasteiger partial charge in [0.05, 0.1) is 27.7 Å². The molecule has 0 aromatic rings. The fourth-order valence-corrected chi connectivity index (χ4v) is 11.6. The van der Waals surface area contributed by atoms with Crippen molar-refractivity contribution < 1.29 is 42.1 Å². The van der Waals surface area contributed by atoms with Gasteiger partial charge in [0.25, 0.3) is 7.82 Å². The number of phosphoric ester groups is 1. The van der Waals surface area contributed by atoms with Gasteiger partial charge in [-0.3, -0.25) is 14.2 Å². The van der Waals surface area contributed by atoms with Crippen LogP contribution in [0.15, 0.2) is 146 Å². The van der Waals surface area contributed by atoms with Crippen molar-refractivity contribution in [3.63, 3.8) is 0 Å². The number of allylic oxidation sites excluding steroid dienone is 24. The summed E-state index contributed by atoms with van der Waals surface area (Å²) in [6.07, 6.45) is 111. The largest absolute Gasteiger partial charge is 0.756 e. The Balaban J connectivity index is 4.04. The number of unbranched alkanes of at least 4 members (excludes halogenated alkanes) is 34. The lowest BCUT2D eigenvalue weighted by Gasteiger charge is -2.28. The van der Waals surface area contributed by atoms with Gasteiger partial charge in [0.2, 0.25) is 0 Å². The van der Waals surface area contributed by atoms with E-state index in [9.17, 15) is 19.0 Å². The smallest absolute Gasteiger partial charge is 0.306 e. The van der Waals surface area contributed by atoms with Crippen molar-refractivity contribution in [2.75, 3.05) is 47.5 Å². The first-order chi connectivity index (χ1) is 47.0. The van der Waals surface area contributed by atoms with Crippen molar-refractivity contribution >= 4 is 19.8 Å². The number of quaternary nitrogens is 1. The summed E-state index contributed by atoms with van der Waals surface area (Å²) in [6, 6.07) is 0. The maximum atomic E-state index is 12.9. The highest BCUT2D eigenvalue weighted by Gasteiger charge is 2.22. The van der Waals surface area contributed by atoms with Crippen LogP contribution in [-0.4, -0.2) is 70.0 Å². The molecule has 0 N–H and O–H groups in total. The molecule has 0 aliphatic heterocycles. The van der Waals surface area contributed by atoms with Gasteiger partial charge >= 0.3 is 11.9 Å². The standard InChI is InChI=1S/C86H148NO8P/c1-6-8-10-12-14-16-18-20-22-24-26-28-30-32-34-36-38-39-40-41-42-43-44-45-46-47-49-51-53-55-57-59-61-63-65-67-69-71-73-75-77-79-86(89)95-84(83-94-96(90,91)93-81-80-87(3,4)5)82-92-85(88)78-76-74-72-70-68-66-64-62-60-58-56-54-52-50-48-37-35-33-31-29-27-25-23-21-19-17-15-13-11-9-7-2/h8,10,14,16,19-22,25-28,32,34,38-39,41-42,44-45,47,49,53,55,84H,6-7,9,11-13,15,17-18,23-24,29-31,33,35-37,40,43,46,48,50-52,54,56-83H2,1-5H3/b10-8-,16-14-,21-19-,22-20-,27-25-,28-26-,34-32-,39-38-,42-41-,45-44-,49-47-,55-53-. The summed E-state index contributed by atoms with van der Waals surface area (Å²) in [5.74, 6) is -0.833. The van der Waals surface area contributed by atoms with Crippen molar-refractivity contribution in [1.82, 2.24) is 0 Å². The first-order valence-electron chi connectivity index (χ1n) is 39.5. The summed E-state index contributed by atoms with van der Waals surface area (Å²) < 4.78 is 34.4. The van der Waals surface area contributed by atoms with Crippen molar-refractivity contribution in [3.05, 3.63) is 146 Å². The molecule has 0 bridgehead atoms. The van der Waals surface area contributed by atoms with Gasteiger partial charge in [-0.2, -0.15) is 0 Å². The molecular weight excluding hydrogens is 1210 g/mol. The molecular formula is C86H148NO8P. The normalized spacial score (nSPS) is 13.9. The van der Waals surface area contributed by atoms with Crippen LogP contribution in [0, 0.1) is 0 Å². The number of esters is 2. The molecule has 0 aliphatic carbocycles.